The third-order valence-corrected chi connectivity index (χ3v) is 3.40. The highest BCUT2D eigenvalue weighted by Crippen LogP contribution is 2.19. The van der Waals surface area contributed by atoms with Gasteiger partial charge in [0.25, 0.3) is 0 Å². The minimum atomic E-state index is 0.556. The van der Waals surface area contributed by atoms with Crippen LogP contribution in [0, 0.1) is 11.3 Å². The first-order valence-corrected chi connectivity index (χ1v) is 6.47. The van der Waals surface area contributed by atoms with E-state index < -0.39 is 0 Å². The molecular weight excluding hydrogens is 228 g/mol. The predicted molar refractivity (Wildman–Crippen MR) is 72.0 cm³/mol. The van der Waals surface area contributed by atoms with Crippen LogP contribution in [-0.2, 0) is 6.54 Å². The van der Waals surface area contributed by atoms with E-state index in [1.54, 1.807) is 11.3 Å². The van der Waals surface area contributed by atoms with Crippen molar-refractivity contribution in [2.24, 2.45) is 0 Å². The van der Waals surface area contributed by atoms with Crippen LogP contribution in [0.25, 0.3) is 0 Å². The molecule has 2 rings (SSSR count). The summed E-state index contributed by atoms with van der Waals surface area (Å²) in [5, 5.41) is 10.8. The Bertz CT molecular complexity index is 471. The van der Waals surface area contributed by atoms with Gasteiger partial charge in [0.05, 0.1) is 19.0 Å². The molecule has 0 unspecified atom stereocenters. The zero-order chi connectivity index (χ0) is 11.9. The van der Waals surface area contributed by atoms with E-state index in [2.05, 4.69) is 40.6 Å². The number of para-hydroxylation sites is 1. The number of nitriles is 1. The van der Waals surface area contributed by atoms with Crippen LogP contribution in [0.3, 0.4) is 0 Å². The minimum Gasteiger partial charge on any atom is -0.365 e. The zero-order valence-electron chi connectivity index (χ0n) is 9.54. The second-order valence-electron chi connectivity index (χ2n) is 3.74. The summed E-state index contributed by atoms with van der Waals surface area (Å²) >= 11 is 1.75. The molecule has 0 saturated heterocycles. The lowest BCUT2D eigenvalue weighted by Gasteiger charge is -2.23. The normalized spacial score (nSPS) is 9.82. The molecule has 0 amide bonds. The van der Waals surface area contributed by atoms with E-state index in [0.717, 1.165) is 13.1 Å². The maximum atomic E-state index is 8.71. The average Bonchev–Trinajstić information content (AvgIpc) is 2.88. The van der Waals surface area contributed by atoms with Crippen molar-refractivity contribution >= 4 is 17.0 Å². The van der Waals surface area contributed by atoms with Crippen LogP contribution in [0.15, 0.2) is 47.8 Å². The molecule has 0 aliphatic heterocycles. The van der Waals surface area contributed by atoms with E-state index in [-0.39, 0.29) is 0 Å². The van der Waals surface area contributed by atoms with Gasteiger partial charge in [-0.15, -0.1) is 11.3 Å². The molecule has 0 bridgehead atoms. The molecule has 0 aliphatic carbocycles. The van der Waals surface area contributed by atoms with Crippen LogP contribution < -0.4 is 4.90 Å². The number of nitrogens with zero attached hydrogens (tertiary/aromatic N) is 2. The number of benzene rings is 1. The largest absolute Gasteiger partial charge is 0.365 e. The molecule has 0 spiro atoms. The highest BCUT2D eigenvalue weighted by atomic mass is 32.1. The molecule has 3 heteroatoms. The van der Waals surface area contributed by atoms with E-state index in [0.29, 0.717) is 6.42 Å². The first-order chi connectivity index (χ1) is 8.40. The fourth-order valence-electron chi connectivity index (χ4n) is 1.71. The Labute approximate surface area is 106 Å². The third kappa shape index (κ3) is 3.33. The van der Waals surface area contributed by atoms with Gasteiger partial charge in [0.15, 0.2) is 0 Å². The second kappa shape index (κ2) is 6.07. The molecule has 2 aromatic rings. The van der Waals surface area contributed by atoms with Gasteiger partial charge < -0.3 is 4.90 Å². The van der Waals surface area contributed by atoms with E-state index >= 15 is 0 Å². The zero-order valence-corrected chi connectivity index (χ0v) is 10.4. The Morgan fingerprint density at radius 1 is 1.12 bits per heavy atom. The third-order valence-electron chi connectivity index (χ3n) is 2.54. The molecule has 0 aliphatic rings. The minimum absolute atomic E-state index is 0.556. The van der Waals surface area contributed by atoms with Gasteiger partial charge in [-0.3, -0.25) is 0 Å². The van der Waals surface area contributed by atoms with E-state index in [1.807, 2.05) is 18.2 Å². The summed E-state index contributed by atoms with van der Waals surface area (Å²) in [6.45, 7) is 1.65. The van der Waals surface area contributed by atoms with Gasteiger partial charge in [0, 0.05) is 17.1 Å². The SMILES string of the molecule is N#CCCN(Cc1cccs1)c1ccccc1. The number of thiophene rings is 1. The highest BCUT2D eigenvalue weighted by molar-refractivity contribution is 7.09. The molecule has 2 nitrogen and oxygen atoms in total. The summed E-state index contributed by atoms with van der Waals surface area (Å²) in [7, 11) is 0. The van der Waals surface area contributed by atoms with Gasteiger partial charge in [-0.05, 0) is 23.6 Å². The molecule has 0 N–H and O–H groups in total. The Morgan fingerprint density at radius 3 is 2.59 bits per heavy atom. The molecule has 1 aromatic carbocycles. The van der Waals surface area contributed by atoms with Crippen LogP contribution in [0.4, 0.5) is 5.69 Å². The molecular formula is C14H14N2S. The van der Waals surface area contributed by atoms with Crippen LogP contribution >= 0.6 is 11.3 Å². The van der Waals surface area contributed by atoms with Crippen molar-refractivity contribution in [3.05, 3.63) is 52.7 Å². The summed E-state index contributed by atoms with van der Waals surface area (Å²) in [5.41, 5.74) is 1.18. The summed E-state index contributed by atoms with van der Waals surface area (Å²) in [5.74, 6) is 0. The predicted octanol–water partition coefficient (Wildman–Crippen LogP) is 3.67. The molecule has 1 aromatic heterocycles. The van der Waals surface area contributed by atoms with Crippen LogP contribution in [0.2, 0.25) is 0 Å². The highest BCUT2D eigenvalue weighted by Gasteiger charge is 2.07. The van der Waals surface area contributed by atoms with Crippen molar-refractivity contribution < 1.29 is 0 Å². The topological polar surface area (TPSA) is 27.0 Å². The van der Waals surface area contributed by atoms with Crippen molar-refractivity contribution in [3.8, 4) is 6.07 Å². The molecule has 0 atom stereocenters. The average molecular weight is 242 g/mol. The number of hydrogen-bond donors (Lipinski definition) is 0. The standard InChI is InChI=1S/C14H14N2S/c15-9-5-10-16(12-14-8-4-11-17-14)13-6-2-1-3-7-13/h1-4,6-8,11H,5,10,12H2. The maximum Gasteiger partial charge on any atom is 0.0640 e. The van der Waals surface area contributed by atoms with Gasteiger partial charge in [0.1, 0.15) is 0 Å². The summed E-state index contributed by atoms with van der Waals surface area (Å²) in [6, 6.07) is 16.7. The van der Waals surface area contributed by atoms with Gasteiger partial charge in [-0.25, -0.2) is 0 Å². The van der Waals surface area contributed by atoms with Crippen molar-refractivity contribution in [2.45, 2.75) is 13.0 Å². The van der Waals surface area contributed by atoms with Crippen LogP contribution in [-0.4, -0.2) is 6.54 Å². The lowest BCUT2D eigenvalue weighted by molar-refractivity contribution is 0.806. The number of rotatable bonds is 5. The lowest BCUT2D eigenvalue weighted by atomic mass is 10.2. The van der Waals surface area contributed by atoms with Crippen LogP contribution in [0.1, 0.15) is 11.3 Å². The molecule has 0 radical (unpaired) electrons. The van der Waals surface area contributed by atoms with E-state index in [9.17, 15) is 0 Å². The first kappa shape index (κ1) is 11.7. The molecule has 0 fully saturated rings. The Hall–Kier alpha value is -1.79. The van der Waals surface area contributed by atoms with Gasteiger partial charge >= 0.3 is 0 Å². The summed E-state index contributed by atoms with van der Waals surface area (Å²) in [4.78, 5) is 3.57. The lowest BCUT2D eigenvalue weighted by Crippen LogP contribution is -2.22. The van der Waals surface area contributed by atoms with Crippen molar-refractivity contribution in [1.29, 1.82) is 5.26 Å². The Kier molecular flexibility index (Phi) is 4.17. The maximum absolute atomic E-state index is 8.71. The number of anilines is 1. The van der Waals surface area contributed by atoms with Gasteiger partial charge in [0.2, 0.25) is 0 Å². The van der Waals surface area contributed by atoms with E-state index in [1.165, 1.54) is 10.6 Å². The van der Waals surface area contributed by atoms with Crippen molar-refractivity contribution in [3.63, 3.8) is 0 Å². The van der Waals surface area contributed by atoms with Gasteiger partial charge in [-0.2, -0.15) is 5.26 Å². The molecule has 86 valence electrons. The van der Waals surface area contributed by atoms with Crippen molar-refractivity contribution in [2.75, 3.05) is 11.4 Å². The monoisotopic (exact) mass is 242 g/mol. The number of hydrogen-bond acceptors (Lipinski definition) is 3. The Balaban J connectivity index is 2.11. The van der Waals surface area contributed by atoms with Gasteiger partial charge in [-0.1, -0.05) is 24.3 Å². The Morgan fingerprint density at radius 2 is 1.94 bits per heavy atom. The summed E-state index contributed by atoms with van der Waals surface area (Å²) < 4.78 is 0. The van der Waals surface area contributed by atoms with Crippen molar-refractivity contribution in [1.82, 2.24) is 0 Å². The smallest absolute Gasteiger partial charge is 0.0640 e. The van der Waals surface area contributed by atoms with E-state index in [4.69, 9.17) is 5.26 Å². The molecule has 0 saturated carbocycles. The first-order valence-electron chi connectivity index (χ1n) is 5.59. The fourth-order valence-corrected chi connectivity index (χ4v) is 2.43. The molecule has 1 heterocycles. The molecule has 17 heavy (non-hydrogen) atoms. The quantitative estimate of drug-likeness (QED) is 0.800. The fraction of sp³-hybridized carbons (Fsp3) is 0.214. The van der Waals surface area contributed by atoms with Crippen LogP contribution in [0.5, 0.6) is 0 Å². The summed E-state index contributed by atoms with van der Waals surface area (Å²) in [6.07, 6.45) is 0.556. The second-order valence-corrected chi connectivity index (χ2v) is 4.78.